The zero-order valence-corrected chi connectivity index (χ0v) is 30.1. The topological polar surface area (TPSA) is 126 Å². The summed E-state index contributed by atoms with van der Waals surface area (Å²) in [5.41, 5.74) is 8.49. The molecule has 12 heteroatoms. The van der Waals surface area contributed by atoms with Crippen LogP contribution in [0.2, 0.25) is 10.0 Å². The first-order chi connectivity index (χ1) is 23.8. The lowest BCUT2D eigenvalue weighted by Gasteiger charge is -2.34. The standard InChI is InChI=1S/C38H37Cl2N5O5/c1-18-12-25(13-19(2)33(18)40)50-11-7-8-26-27-9-10-28(39)32(31-21(4)42-43(6)22(31)5)35(27)45-20(3)17-44(37(47)36(26)45)30-16-24(46)14-23-15-29(38(48)49)41-34(23)30/h9-10,12-16,20,41,46H,7-8,11,17H2,1-6H3,(H,48,49). The second kappa shape index (κ2) is 12.4. The summed E-state index contributed by atoms with van der Waals surface area (Å²) < 4.78 is 10.1. The van der Waals surface area contributed by atoms with Gasteiger partial charge in [-0.3, -0.25) is 9.48 Å². The Morgan fingerprint density at radius 3 is 2.44 bits per heavy atom. The Hall–Kier alpha value is -4.93. The van der Waals surface area contributed by atoms with Gasteiger partial charge in [-0.1, -0.05) is 29.3 Å². The number of carbonyl (C=O) groups excluding carboxylic acids is 1. The van der Waals surface area contributed by atoms with Gasteiger partial charge in [0.2, 0.25) is 0 Å². The van der Waals surface area contributed by atoms with Crippen LogP contribution in [0, 0.1) is 27.7 Å². The normalized spacial score (nSPS) is 14.6. The molecule has 0 saturated carbocycles. The molecule has 3 aromatic carbocycles. The van der Waals surface area contributed by atoms with Crippen LogP contribution in [0.25, 0.3) is 32.9 Å². The fourth-order valence-corrected chi connectivity index (χ4v) is 7.83. The van der Waals surface area contributed by atoms with Crippen LogP contribution < -0.4 is 9.64 Å². The van der Waals surface area contributed by atoms with Crippen molar-refractivity contribution in [2.24, 2.45) is 7.05 Å². The van der Waals surface area contributed by atoms with Crippen molar-refractivity contribution in [3.05, 3.63) is 92.0 Å². The van der Waals surface area contributed by atoms with Crippen molar-refractivity contribution < 1.29 is 24.5 Å². The van der Waals surface area contributed by atoms with Crippen LogP contribution in [0.15, 0.2) is 42.5 Å². The number of nitrogens with zero attached hydrogens (tertiary/aromatic N) is 4. The van der Waals surface area contributed by atoms with Crippen molar-refractivity contribution in [1.82, 2.24) is 19.3 Å². The summed E-state index contributed by atoms with van der Waals surface area (Å²) in [4.78, 5) is 31.3. The summed E-state index contributed by atoms with van der Waals surface area (Å²) in [5, 5.41) is 27.7. The lowest BCUT2D eigenvalue weighted by atomic mass is 9.98. The number of hydrogen-bond acceptors (Lipinski definition) is 5. The molecule has 0 aliphatic carbocycles. The molecular weight excluding hydrogens is 677 g/mol. The fourth-order valence-electron chi connectivity index (χ4n) is 7.47. The largest absolute Gasteiger partial charge is 0.508 e. The molecule has 3 N–H and O–H groups in total. The number of aromatic amines is 1. The molecule has 258 valence electrons. The highest BCUT2D eigenvalue weighted by atomic mass is 35.5. The van der Waals surface area contributed by atoms with Gasteiger partial charge < -0.3 is 29.4 Å². The van der Waals surface area contributed by atoms with Crippen LogP contribution in [0.3, 0.4) is 0 Å². The van der Waals surface area contributed by atoms with E-state index in [0.29, 0.717) is 46.8 Å². The summed E-state index contributed by atoms with van der Waals surface area (Å²) in [6, 6.07) is 11.9. The Morgan fingerprint density at radius 2 is 1.78 bits per heavy atom. The minimum absolute atomic E-state index is 0.0354. The van der Waals surface area contributed by atoms with Gasteiger partial charge in [-0.25, -0.2) is 4.79 Å². The second-order valence-corrected chi connectivity index (χ2v) is 14.0. The number of aromatic carboxylic acids is 1. The van der Waals surface area contributed by atoms with Crippen molar-refractivity contribution in [2.45, 2.75) is 53.5 Å². The molecule has 10 nitrogen and oxygen atoms in total. The summed E-state index contributed by atoms with van der Waals surface area (Å²) in [6.07, 6.45) is 1.15. The summed E-state index contributed by atoms with van der Waals surface area (Å²) in [7, 11) is 1.90. The maximum Gasteiger partial charge on any atom is 0.352 e. The molecule has 1 amide bonds. The zero-order valence-electron chi connectivity index (χ0n) is 28.6. The number of phenols is 1. The van der Waals surface area contributed by atoms with Crippen molar-refractivity contribution >= 4 is 62.6 Å². The van der Waals surface area contributed by atoms with Crippen molar-refractivity contribution in [2.75, 3.05) is 18.1 Å². The number of aromatic nitrogens is 4. The quantitative estimate of drug-likeness (QED) is 0.136. The number of aryl methyl sites for hydroxylation is 5. The van der Waals surface area contributed by atoms with E-state index in [1.165, 1.54) is 18.2 Å². The number of aromatic hydroxyl groups is 1. The number of halogens is 2. The van der Waals surface area contributed by atoms with Gasteiger partial charge in [-0.05, 0) is 94.5 Å². The van der Waals surface area contributed by atoms with Gasteiger partial charge in [-0.2, -0.15) is 5.10 Å². The predicted molar refractivity (Wildman–Crippen MR) is 197 cm³/mol. The molecule has 1 unspecified atom stereocenters. The summed E-state index contributed by atoms with van der Waals surface area (Å²) in [5.74, 6) is -0.736. The maximum atomic E-state index is 14.9. The lowest BCUT2D eigenvalue weighted by molar-refractivity contribution is 0.0691. The van der Waals surface area contributed by atoms with Gasteiger partial charge in [0, 0.05) is 58.3 Å². The Kier molecular flexibility index (Phi) is 8.35. The highest BCUT2D eigenvalue weighted by molar-refractivity contribution is 6.35. The number of carboxylic acids is 1. The van der Waals surface area contributed by atoms with Crippen molar-refractivity contribution in [3.8, 4) is 22.6 Å². The minimum Gasteiger partial charge on any atom is -0.508 e. The van der Waals surface area contributed by atoms with Crippen molar-refractivity contribution in [1.29, 1.82) is 0 Å². The average Bonchev–Trinajstić information content (AvgIpc) is 3.71. The molecule has 50 heavy (non-hydrogen) atoms. The molecule has 6 aromatic rings. The Balaban J connectivity index is 1.38. The highest BCUT2D eigenvalue weighted by Gasteiger charge is 2.37. The maximum absolute atomic E-state index is 14.9. The van der Waals surface area contributed by atoms with E-state index in [1.807, 2.05) is 70.6 Å². The van der Waals surface area contributed by atoms with E-state index < -0.39 is 5.97 Å². The van der Waals surface area contributed by atoms with Gasteiger partial charge in [0.05, 0.1) is 34.0 Å². The molecule has 1 aliphatic heterocycles. The molecule has 1 aliphatic rings. The molecule has 0 radical (unpaired) electrons. The van der Waals surface area contributed by atoms with Crippen LogP contribution in [0.1, 0.15) is 68.4 Å². The molecule has 0 saturated heterocycles. The molecule has 0 bridgehead atoms. The third-order valence-corrected chi connectivity index (χ3v) is 10.7. The van der Waals surface area contributed by atoms with Crippen LogP contribution in [-0.2, 0) is 13.5 Å². The summed E-state index contributed by atoms with van der Waals surface area (Å²) >= 11 is 13.4. The second-order valence-electron chi connectivity index (χ2n) is 13.2. The number of amides is 1. The van der Waals surface area contributed by atoms with Gasteiger partial charge in [0.25, 0.3) is 5.91 Å². The number of fused-ring (bicyclic) bond motifs is 4. The first-order valence-electron chi connectivity index (χ1n) is 16.4. The van der Waals surface area contributed by atoms with Crippen molar-refractivity contribution in [3.63, 3.8) is 0 Å². The average molecular weight is 715 g/mol. The summed E-state index contributed by atoms with van der Waals surface area (Å²) in [6.45, 7) is 10.6. The number of hydrogen-bond donors (Lipinski definition) is 3. The molecule has 0 fully saturated rings. The van der Waals surface area contributed by atoms with E-state index in [9.17, 15) is 19.8 Å². The molecule has 3 aromatic heterocycles. The monoisotopic (exact) mass is 713 g/mol. The number of H-pyrrole nitrogens is 1. The Bertz CT molecular complexity index is 2360. The number of benzene rings is 3. The van der Waals surface area contributed by atoms with Gasteiger partial charge in [0.1, 0.15) is 22.9 Å². The smallest absolute Gasteiger partial charge is 0.352 e. The van der Waals surface area contributed by atoms with Crippen LogP contribution >= 0.6 is 23.2 Å². The highest BCUT2D eigenvalue weighted by Crippen LogP contribution is 2.46. The molecule has 4 heterocycles. The number of carbonyl (C=O) groups is 2. The number of phenolic OH excluding ortho intramolecular Hbond substituents is 1. The van der Waals surface area contributed by atoms with E-state index in [-0.39, 0.29) is 29.9 Å². The van der Waals surface area contributed by atoms with E-state index in [1.54, 1.807) is 4.90 Å². The third-order valence-electron chi connectivity index (χ3n) is 9.78. The minimum atomic E-state index is -1.14. The Labute approximate surface area is 298 Å². The van der Waals surface area contributed by atoms with Gasteiger partial charge in [0.15, 0.2) is 0 Å². The van der Waals surface area contributed by atoms with E-state index in [2.05, 4.69) is 14.6 Å². The predicted octanol–water partition coefficient (Wildman–Crippen LogP) is 8.70. The Morgan fingerprint density at radius 1 is 1.06 bits per heavy atom. The number of anilines is 1. The number of rotatable bonds is 8. The number of nitrogens with one attached hydrogen (secondary N) is 1. The lowest BCUT2D eigenvalue weighted by Crippen LogP contribution is -2.42. The van der Waals surface area contributed by atoms with E-state index in [4.69, 9.17) is 27.9 Å². The van der Waals surface area contributed by atoms with Crippen LogP contribution in [0.4, 0.5) is 5.69 Å². The SMILES string of the molecule is Cc1cc(OCCCc2c3n(c4c(-c5c(C)nn(C)c5C)c(Cl)ccc24)C(C)CN(c2cc(O)cc4cc(C(=O)O)[nH]c24)C3=O)cc(C)c1Cl. The first-order valence-corrected chi connectivity index (χ1v) is 17.2. The van der Waals surface area contributed by atoms with Gasteiger partial charge in [-0.15, -0.1) is 0 Å². The van der Waals surface area contributed by atoms with Crippen LogP contribution in [0.5, 0.6) is 11.5 Å². The van der Waals surface area contributed by atoms with E-state index in [0.717, 1.165) is 60.9 Å². The van der Waals surface area contributed by atoms with Crippen LogP contribution in [-0.4, -0.2) is 54.6 Å². The molecular formula is C38H37Cl2N5O5. The van der Waals surface area contributed by atoms with E-state index >= 15 is 0 Å². The third kappa shape index (κ3) is 5.38. The zero-order chi connectivity index (χ0) is 35.8. The molecule has 1 atom stereocenters. The first kappa shape index (κ1) is 33.6. The van der Waals surface area contributed by atoms with Gasteiger partial charge >= 0.3 is 5.97 Å². The molecule has 7 rings (SSSR count). The molecule has 0 spiro atoms. The number of carboxylic acid groups (broad SMARTS) is 1. The fraction of sp³-hybridized carbons (Fsp3) is 0.289. The number of ether oxygens (including phenoxy) is 1.